The number of aryl methyl sites for hydroxylation is 1. The number of ether oxygens (including phenoxy) is 1. The van der Waals surface area contributed by atoms with Crippen LogP contribution in [0.2, 0.25) is 0 Å². The Kier molecular flexibility index (Phi) is 3.66. The fourth-order valence-electron chi connectivity index (χ4n) is 1.59. The number of amides is 1. The Morgan fingerprint density at radius 3 is 2.79 bits per heavy atom. The number of benzene rings is 1. The number of nitrogens with one attached hydrogen (secondary N) is 1. The Morgan fingerprint density at radius 2 is 2.11 bits per heavy atom. The molecule has 0 saturated carbocycles. The van der Waals surface area contributed by atoms with Gasteiger partial charge in [0, 0.05) is 5.56 Å². The van der Waals surface area contributed by atoms with E-state index >= 15 is 0 Å². The number of aromatic nitrogens is 1. The summed E-state index contributed by atoms with van der Waals surface area (Å²) in [4.78, 5) is 16.2. The van der Waals surface area contributed by atoms with Gasteiger partial charge in [-0.05, 0) is 37.3 Å². The second-order valence-corrected chi connectivity index (χ2v) is 4.06. The first-order valence-electron chi connectivity index (χ1n) is 5.78. The molecule has 0 unspecified atom stereocenters. The third kappa shape index (κ3) is 3.01. The van der Waals surface area contributed by atoms with Gasteiger partial charge in [-0.1, -0.05) is 6.07 Å². The molecule has 0 atom stereocenters. The molecule has 0 fully saturated rings. The quantitative estimate of drug-likeness (QED) is 0.884. The third-order valence-electron chi connectivity index (χ3n) is 2.70. The summed E-state index contributed by atoms with van der Waals surface area (Å²) in [5.74, 6) is 0.865. The number of hydrogen-bond donors (Lipinski definition) is 2. The molecule has 3 N–H and O–H groups in total. The van der Waals surface area contributed by atoms with E-state index in [4.69, 9.17) is 10.5 Å². The number of hydrogen-bond acceptors (Lipinski definition) is 4. The van der Waals surface area contributed by atoms with Crippen molar-refractivity contribution in [1.82, 2.24) is 4.98 Å². The summed E-state index contributed by atoms with van der Waals surface area (Å²) in [6, 6.07) is 10.3. The van der Waals surface area contributed by atoms with Crippen LogP contribution in [0, 0.1) is 6.92 Å². The predicted octanol–water partition coefficient (Wildman–Crippen LogP) is 2.23. The predicted molar refractivity (Wildman–Crippen MR) is 74.3 cm³/mol. The first-order valence-corrected chi connectivity index (χ1v) is 5.78. The second kappa shape index (κ2) is 5.39. The Balaban J connectivity index is 2.18. The highest BCUT2D eigenvalue weighted by Crippen LogP contribution is 2.15. The summed E-state index contributed by atoms with van der Waals surface area (Å²) in [5.41, 5.74) is 7.47. The van der Waals surface area contributed by atoms with Gasteiger partial charge in [0.15, 0.2) is 0 Å². The summed E-state index contributed by atoms with van der Waals surface area (Å²) in [7, 11) is 1.56. The lowest BCUT2D eigenvalue weighted by atomic mass is 10.2. The maximum atomic E-state index is 12.0. The van der Waals surface area contributed by atoms with Gasteiger partial charge in [0.2, 0.25) is 0 Å². The highest BCUT2D eigenvalue weighted by Gasteiger charge is 2.08. The molecule has 1 aromatic heterocycles. The smallest absolute Gasteiger partial charge is 0.256 e. The molecule has 0 aliphatic carbocycles. The van der Waals surface area contributed by atoms with Crippen LogP contribution < -0.4 is 15.8 Å². The van der Waals surface area contributed by atoms with E-state index in [1.54, 1.807) is 50.4 Å². The van der Waals surface area contributed by atoms with Gasteiger partial charge in [-0.25, -0.2) is 4.98 Å². The molecule has 2 rings (SSSR count). The Labute approximate surface area is 111 Å². The third-order valence-corrected chi connectivity index (χ3v) is 2.70. The Bertz CT molecular complexity index is 611. The zero-order valence-electron chi connectivity index (χ0n) is 10.8. The summed E-state index contributed by atoms with van der Waals surface area (Å²) in [5, 5.41) is 2.72. The minimum Gasteiger partial charge on any atom is -0.497 e. The number of nitrogen functional groups attached to an aromatic ring is 1. The van der Waals surface area contributed by atoms with E-state index in [-0.39, 0.29) is 5.91 Å². The van der Waals surface area contributed by atoms with E-state index in [1.807, 2.05) is 0 Å². The van der Waals surface area contributed by atoms with Crippen molar-refractivity contribution >= 4 is 17.4 Å². The van der Waals surface area contributed by atoms with Gasteiger partial charge in [0.25, 0.3) is 5.91 Å². The van der Waals surface area contributed by atoms with E-state index in [2.05, 4.69) is 10.3 Å². The number of pyridine rings is 1. The molecule has 1 aromatic carbocycles. The van der Waals surface area contributed by atoms with Crippen molar-refractivity contribution in [2.24, 2.45) is 0 Å². The number of rotatable bonds is 3. The summed E-state index contributed by atoms with van der Waals surface area (Å²) < 4.78 is 5.08. The summed E-state index contributed by atoms with van der Waals surface area (Å²) in [6.07, 6.45) is 0. The van der Waals surface area contributed by atoms with Crippen LogP contribution in [0.1, 0.15) is 16.1 Å². The molecule has 5 nitrogen and oxygen atoms in total. The molecule has 1 amide bonds. The largest absolute Gasteiger partial charge is 0.497 e. The Hall–Kier alpha value is -2.56. The SMILES string of the molecule is COc1cccc(C(=O)Nc2ccc(N)c(C)n2)c1. The summed E-state index contributed by atoms with van der Waals surface area (Å²) in [6.45, 7) is 1.79. The molecule has 2 aromatic rings. The maximum absolute atomic E-state index is 12.0. The van der Waals surface area contributed by atoms with Gasteiger partial charge in [0.05, 0.1) is 18.5 Å². The van der Waals surface area contributed by atoms with E-state index in [0.29, 0.717) is 28.5 Å². The first-order chi connectivity index (χ1) is 9.10. The number of anilines is 2. The molecule has 0 saturated heterocycles. The van der Waals surface area contributed by atoms with E-state index in [0.717, 1.165) is 0 Å². The van der Waals surface area contributed by atoms with E-state index in [1.165, 1.54) is 0 Å². The van der Waals surface area contributed by atoms with Crippen LogP contribution >= 0.6 is 0 Å². The fraction of sp³-hybridized carbons (Fsp3) is 0.143. The fourth-order valence-corrected chi connectivity index (χ4v) is 1.59. The zero-order chi connectivity index (χ0) is 13.8. The van der Waals surface area contributed by atoms with Crippen molar-refractivity contribution in [3.8, 4) is 5.75 Å². The van der Waals surface area contributed by atoms with Crippen LogP contribution in [0.15, 0.2) is 36.4 Å². The highest BCUT2D eigenvalue weighted by atomic mass is 16.5. The van der Waals surface area contributed by atoms with Crippen molar-refractivity contribution in [3.05, 3.63) is 47.7 Å². The molecule has 0 aliphatic rings. The molecular formula is C14H15N3O2. The molecule has 0 aliphatic heterocycles. The minimum atomic E-state index is -0.240. The van der Waals surface area contributed by atoms with Crippen LogP contribution in [0.25, 0.3) is 0 Å². The highest BCUT2D eigenvalue weighted by molar-refractivity contribution is 6.04. The van der Waals surface area contributed by atoms with Crippen LogP contribution in [-0.4, -0.2) is 18.0 Å². The molecule has 0 spiro atoms. The normalized spacial score (nSPS) is 10.0. The van der Waals surface area contributed by atoms with Gasteiger partial charge in [-0.15, -0.1) is 0 Å². The van der Waals surface area contributed by atoms with Crippen molar-refractivity contribution < 1.29 is 9.53 Å². The van der Waals surface area contributed by atoms with Crippen molar-refractivity contribution in [2.75, 3.05) is 18.2 Å². The van der Waals surface area contributed by atoms with E-state index < -0.39 is 0 Å². The first kappa shape index (κ1) is 12.9. The number of methoxy groups -OCH3 is 1. The van der Waals surface area contributed by atoms with Gasteiger partial charge < -0.3 is 15.8 Å². The molecule has 0 bridgehead atoms. The number of carbonyl (C=O) groups is 1. The van der Waals surface area contributed by atoms with Crippen molar-refractivity contribution in [3.63, 3.8) is 0 Å². The zero-order valence-corrected chi connectivity index (χ0v) is 10.8. The lowest BCUT2D eigenvalue weighted by Crippen LogP contribution is -2.13. The van der Waals surface area contributed by atoms with Gasteiger partial charge in [-0.3, -0.25) is 4.79 Å². The lowest BCUT2D eigenvalue weighted by molar-refractivity contribution is 0.102. The molecule has 19 heavy (non-hydrogen) atoms. The average Bonchev–Trinajstić information content (AvgIpc) is 2.43. The van der Waals surface area contributed by atoms with Gasteiger partial charge >= 0.3 is 0 Å². The number of nitrogens with two attached hydrogens (primary N) is 1. The van der Waals surface area contributed by atoms with Gasteiger partial charge in [-0.2, -0.15) is 0 Å². The lowest BCUT2D eigenvalue weighted by Gasteiger charge is -2.07. The molecule has 0 radical (unpaired) electrons. The second-order valence-electron chi connectivity index (χ2n) is 4.06. The van der Waals surface area contributed by atoms with E-state index in [9.17, 15) is 4.79 Å². The van der Waals surface area contributed by atoms with Crippen LogP contribution in [0.3, 0.4) is 0 Å². The number of nitrogens with zero attached hydrogens (tertiary/aromatic N) is 1. The van der Waals surface area contributed by atoms with Gasteiger partial charge in [0.1, 0.15) is 11.6 Å². The summed E-state index contributed by atoms with van der Waals surface area (Å²) >= 11 is 0. The monoisotopic (exact) mass is 257 g/mol. The standard InChI is InChI=1S/C14H15N3O2/c1-9-12(15)6-7-13(16-9)17-14(18)10-4-3-5-11(8-10)19-2/h3-8H,15H2,1-2H3,(H,16,17,18). The van der Waals surface area contributed by atoms with Crippen LogP contribution in [-0.2, 0) is 0 Å². The topological polar surface area (TPSA) is 77.2 Å². The molecular weight excluding hydrogens is 242 g/mol. The Morgan fingerprint density at radius 1 is 1.32 bits per heavy atom. The van der Waals surface area contributed by atoms with Crippen molar-refractivity contribution in [2.45, 2.75) is 6.92 Å². The minimum absolute atomic E-state index is 0.240. The average molecular weight is 257 g/mol. The maximum Gasteiger partial charge on any atom is 0.256 e. The molecule has 1 heterocycles. The number of carbonyl (C=O) groups excluding carboxylic acids is 1. The molecule has 5 heteroatoms. The van der Waals surface area contributed by atoms with Crippen LogP contribution in [0.4, 0.5) is 11.5 Å². The van der Waals surface area contributed by atoms with Crippen molar-refractivity contribution in [1.29, 1.82) is 0 Å². The molecule has 98 valence electrons. The van der Waals surface area contributed by atoms with Crippen LogP contribution in [0.5, 0.6) is 5.75 Å².